The van der Waals surface area contributed by atoms with Gasteiger partial charge in [0.2, 0.25) is 0 Å². The molecule has 3 N–H and O–H groups in total. The maximum Gasteiger partial charge on any atom is 0.149 e. The molecule has 18 rings (SSSR count). The van der Waals surface area contributed by atoms with Gasteiger partial charge in [-0.3, -0.25) is 0 Å². The third kappa shape index (κ3) is 11.1. The Balaban J connectivity index is 0.836. The highest BCUT2D eigenvalue weighted by Gasteiger charge is 2.50. The van der Waals surface area contributed by atoms with Gasteiger partial charge in [0.15, 0.2) is 0 Å². The van der Waals surface area contributed by atoms with Crippen LogP contribution in [0.3, 0.4) is 0 Å². The Morgan fingerprint density at radius 1 is 0.257 bits per heavy atom. The fraction of sp³-hybridized carbons (Fsp3) is 0.126. The number of hydrogen-bond donors (Lipinski definition) is 3. The van der Waals surface area contributed by atoms with Crippen molar-refractivity contribution in [2.24, 2.45) is 0 Å². The van der Waals surface area contributed by atoms with Crippen LogP contribution in [0.4, 0.5) is 0 Å². The molecule has 524 valence electrons. The molecule has 109 heavy (non-hydrogen) atoms. The van der Waals surface area contributed by atoms with E-state index >= 15 is 0 Å². The SMILES string of the molecule is CC#CCOc1ccc2cc(C3(c4ccc(C(c5ccc(C6(c7ccc8cc(OCC#CC)ccc8c7)c7ccccc7-c7ccc(CO)cc76)cc5)c5ccc(C6(c7ccc8cc(OCC#CC)ccc8c7)c7ccccc7-c7ccc(CO)cc76)cc5)cc4)c4ccccc4-c4ccc(CO)cc43)ccc2c1. The maximum absolute atomic E-state index is 11.0. The van der Waals surface area contributed by atoms with Crippen molar-refractivity contribution in [3.05, 3.63) is 410 Å². The molecule has 0 amide bonds. The lowest BCUT2D eigenvalue weighted by Crippen LogP contribution is -2.29. The first-order valence-electron chi connectivity index (χ1n) is 37.3. The zero-order valence-corrected chi connectivity index (χ0v) is 60.8. The van der Waals surface area contributed by atoms with Gasteiger partial charge in [-0.2, -0.15) is 0 Å². The van der Waals surface area contributed by atoms with Crippen molar-refractivity contribution in [1.82, 2.24) is 0 Å². The van der Waals surface area contributed by atoms with Crippen molar-refractivity contribution in [3.8, 4) is 86.2 Å². The summed E-state index contributed by atoms with van der Waals surface area (Å²) in [6.07, 6.45) is 0. The zero-order chi connectivity index (χ0) is 73.8. The van der Waals surface area contributed by atoms with Crippen LogP contribution in [0, 0.1) is 35.5 Å². The molecule has 0 fully saturated rings. The number of rotatable bonds is 18. The summed E-state index contributed by atoms with van der Waals surface area (Å²) in [5.74, 6) is 19.9. The Labute approximate surface area is 636 Å². The number of fused-ring (bicyclic) bond motifs is 12. The predicted molar refractivity (Wildman–Crippen MR) is 439 cm³/mol. The molecule has 0 radical (unpaired) electrons. The Morgan fingerprint density at radius 3 is 0.798 bits per heavy atom. The van der Waals surface area contributed by atoms with Crippen LogP contribution in [-0.4, -0.2) is 35.1 Å². The van der Waals surface area contributed by atoms with Crippen molar-refractivity contribution in [1.29, 1.82) is 0 Å². The maximum atomic E-state index is 11.0. The summed E-state index contributed by atoms with van der Waals surface area (Å²) >= 11 is 0. The Bertz CT molecular complexity index is 5720. The monoisotopic (exact) mass is 1410 g/mol. The van der Waals surface area contributed by atoms with Crippen molar-refractivity contribution in [2.75, 3.05) is 19.8 Å². The average Bonchev–Trinajstić information content (AvgIpc) is 1.58. The molecular formula is C103H76O6. The minimum absolute atomic E-state index is 0.0992. The third-order valence-corrected chi connectivity index (χ3v) is 23.1. The van der Waals surface area contributed by atoms with E-state index in [1.807, 2.05) is 39.0 Å². The van der Waals surface area contributed by atoms with Gasteiger partial charge in [0.05, 0.1) is 36.1 Å². The first-order valence-corrected chi connectivity index (χ1v) is 37.3. The third-order valence-electron chi connectivity index (χ3n) is 23.1. The predicted octanol–water partition coefficient (Wildman–Crippen LogP) is 21.1. The zero-order valence-electron chi connectivity index (χ0n) is 60.8. The molecule has 15 aromatic carbocycles. The Morgan fingerprint density at radius 2 is 0.514 bits per heavy atom. The molecule has 0 saturated heterocycles. The summed E-state index contributed by atoms with van der Waals surface area (Å²) in [6, 6.07) is 113. The molecule has 0 bridgehead atoms. The largest absolute Gasteiger partial charge is 0.481 e. The highest BCUT2D eigenvalue weighted by molar-refractivity contribution is 5.94. The van der Waals surface area contributed by atoms with Crippen LogP contribution in [0.25, 0.3) is 65.7 Å². The van der Waals surface area contributed by atoms with Gasteiger partial charge in [0.1, 0.15) is 37.1 Å². The number of hydrogen-bond acceptors (Lipinski definition) is 6. The van der Waals surface area contributed by atoms with Gasteiger partial charge in [-0.25, -0.2) is 0 Å². The van der Waals surface area contributed by atoms with E-state index < -0.39 is 16.2 Å². The highest BCUT2D eigenvalue weighted by atomic mass is 16.5. The molecule has 0 aliphatic heterocycles. The van der Waals surface area contributed by atoms with E-state index in [0.29, 0.717) is 19.8 Å². The van der Waals surface area contributed by atoms with Gasteiger partial charge in [-0.05, 0) is 241 Å². The van der Waals surface area contributed by atoms with Crippen LogP contribution >= 0.6 is 0 Å². The van der Waals surface area contributed by atoms with Gasteiger partial charge < -0.3 is 29.5 Å². The second kappa shape index (κ2) is 28.1. The van der Waals surface area contributed by atoms with Crippen LogP contribution < -0.4 is 14.2 Å². The molecule has 0 aromatic heterocycles. The molecule has 6 nitrogen and oxygen atoms in total. The van der Waals surface area contributed by atoms with E-state index in [-0.39, 0.29) is 25.7 Å². The van der Waals surface area contributed by atoms with E-state index in [1.54, 1.807) is 0 Å². The molecule has 3 atom stereocenters. The van der Waals surface area contributed by atoms with Crippen LogP contribution in [0.5, 0.6) is 17.2 Å². The normalized spacial score (nSPS) is 16.2. The first kappa shape index (κ1) is 67.9. The Kier molecular flexibility index (Phi) is 17.5. The number of ether oxygens (including phenoxy) is 3. The highest BCUT2D eigenvalue weighted by Crippen LogP contribution is 2.61. The fourth-order valence-electron chi connectivity index (χ4n) is 18.2. The smallest absolute Gasteiger partial charge is 0.149 e. The van der Waals surface area contributed by atoms with Gasteiger partial charge in [-0.1, -0.05) is 273 Å². The standard InChI is InChI=1S/C103H76O6/c1-4-7-52-107-85-46-34-73-58-82(43-31-76(73)61-85)101(94-19-13-10-16-88(94)91-49-22-67(64-104)55-97(91)101)79-37-25-70(26-38-79)100(71-27-39-80(40-28-71)102(83-44-32-77-62-86(108-53-8-5-2)47-35-74(77)59-83)95-20-14-11-17-89(95)92-50-23-68(65-105)56-98(92)102)72-29-41-81(42-30-72)103(84-45-33-78-63-87(109-54-9-6-3)48-36-75(78)60-84)96-21-15-12-18-90(96)93-51-24-69(66-106)57-99(93)103/h10-51,55-63,100,104-106H,52-54,64-66H2,1-3H3. The molecule has 0 saturated carbocycles. The lowest BCUT2D eigenvalue weighted by molar-refractivity contribution is 0.281. The summed E-state index contributed by atoms with van der Waals surface area (Å²) in [4.78, 5) is 0. The molecule has 3 aliphatic rings. The van der Waals surface area contributed by atoms with Gasteiger partial charge in [-0.15, -0.1) is 17.8 Å². The van der Waals surface area contributed by atoms with Crippen molar-refractivity contribution >= 4 is 32.3 Å². The summed E-state index contributed by atoms with van der Waals surface area (Å²) in [7, 11) is 0. The summed E-state index contributed by atoms with van der Waals surface area (Å²) < 4.78 is 18.3. The van der Waals surface area contributed by atoms with E-state index in [1.165, 1.54) is 16.7 Å². The number of aliphatic hydroxyl groups is 3. The molecule has 3 aliphatic carbocycles. The molecule has 3 unspecified atom stereocenters. The minimum Gasteiger partial charge on any atom is -0.481 e. The van der Waals surface area contributed by atoms with Gasteiger partial charge in [0.25, 0.3) is 0 Å². The van der Waals surface area contributed by atoms with Crippen molar-refractivity contribution in [3.63, 3.8) is 0 Å². The topological polar surface area (TPSA) is 88.4 Å². The van der Waals surface area contributed by atoms with Crippen molar-refractivity contribution < 1.29 is 29.5 Å². The van der Waals surface area contributed by atoms with E-state index in [4.69, 9.17) is 14.2 Å². The van der Waals surface area contributed by atoms with E-state index in [9.17, 15) is 15.3 Å². The van der Waals surface area contributed by atoms with Crippen LogP contribution in [0.1, 0.15) is 127 Å². The molecular weight excluding hydrogens is 1330 g/mol. The summed E-state index contributed by atoms with van der Waals surface area (Å²) in [5, 5.41) is 39.3. The fourth-order valence-corrected chi connectivity index (χ4v) is 18.2. The quantitative estimate of drug-likeness (QED) is 0.0586. The minimum atomic E-state index is -0.796. The summed E-state index contributed by atoms with van der Waals surface area (Å²) in [6.45, 7) is 6.11. The molecule has 15 aromatic rings. The van der Waals surface area contributed by atoms with Gasteiger partial charge in [0, 0.05) is 5.92 Å². The second-order valence-corrected chi connectivity index (χ2v) is 28.6. The molecule has 6 heteroatoms. The lowest BCUT2D eigenvalue weighted by Gasteiger charge is -2.35. The molecule has 0 heterocycles. The van der Waals surface area contributed by atoms with Gasteiger partial charge >= 0.3 is 0 Å². The number of aliphatic hydroxyl groups excluding tert-OH is 3. The van der Waals surface area contributed by atoms with Crippen LogP contribution in [0.2, 0.25) is 0 Å². The van der Waals surface area contributed by atoms with E-state index in [2.05, 4.69) is 327 Å². The van der Waals surface area contributed by atoms with E-state index in [0.717, 1.165) is 166 Å². The second-order valence-electron chi connectivity index (χ2n) is 28.6. The van der Waals surface area contributed by atoms with Crippen LogP contribution in [-0.2, 0) is 36.1 Å². The average molecular weight is 1410 g/mol. The lowest BCUT2D eigenvalue weighted by atomic mass is 9.66. The molecule has 0 spiro atoms. The van der Waals surface area contributed by atoms with Crippen LogP contribution in [0.15, 0.2) is 309 Å². The Hall–Kier alpha value is -13.0. The summed E-state index contributed by atoms with van der Waals surface area (Å²) in [5.41, 5.74) is 23.8. The van der Waals surface area contributed by atoms with Crippen molar-refractivity contribution in [2.45, 2.75) is 62.8 Å². The first-order chi connectivity index (χ1) is 53.7. The number of benzene rings is 15.